The van der Waals surface area contributed by atoms with Crippen molar-refractivity contribution in [2.75, 3.05) is 0 Å². The zero-order valence-corrected chi connectivity index (χ0v) is 14.7. The van der Waals surface area contributed by atoms with Gasteiger partial charge in [0, 0.05) is 15.4 Å². The number of halogens is 1. The number of thiophene rings is 1. The van der Waals surface area contributed by atoms with Crippen molar-refractivity contribution in [1.82, 2.24) is 25.5 Å². The van der Waals surface area contributed by atoms with Crippen molar-refractivity contribution in [3.8, 4) is 11.4 Å². The lowest BCUT2D eigenvalue weighted by Gasteiger charge is -2.14. The number of rotatable bonds is 5. The van der Waals surface area contributed by atoms with Gasteiger partial charge in [-0.15, -0.1) is 10.2 Å². The van der Waals surface area contributed by atoms with Crippen LogP contribution in [0.4, 0.5) is 0 Å². The Morgan fingerprint density at radius 2 is 2.13 bits per heavy atom. The maximum Gasteiger partial charge on any atom is 0.244 e. The molecule has 0 fully saturated rings. The lowest BCUT2D eigenvalue weighted by atomic mass is 10.1. The fraction of sp³-hybridized carbons (Fsp3) is 0.200. The highest BCUT2D eigenvalue weighted by Crippen LogP contribution is 2.17. The van der Waals surface area contributed by atoms with Gasteiger partial charge in [0.05, 0.1) is 6.04 Å². The average Bonchev–Trinajstić information content (AvgIpc) is 3.18. The summed E-state index contributed by atoms with van der Waals surface area (Å²) in [6.45, 7) is 1.98. The molecule has 1 N–H and O–H groups in total. The van der Waals surface area contributed by atoms with Gasteiger partial charge in [-0.25, -0.2) is 0 Å². The van der Waals surface area contributed by atoms with E-state index in [0.29, 0.717) is 5.82 Å². The van der Waals surface area contributed by atoms with Crippen molar-refractivity contribution in [3.05, 3.63) is 51.1 Å². The standard InChI is InChI=1S/C15H14BrN5OS/c1-10(11-2-4-13(16)5-3-11)17-14(22)8-21-19-15(18-20-21)12-6-7-23-9-12/h2-7,9-10H,8H2,1H3,(H,17,22)/t10-/m1/s1. The molecular formula is C15H14BrN5OS. The number of benzene rings is 1. The van der Waals surface area contributed by atoms with Gasteiger partial charge < -0.3 is 5.32 Å². The molecule has 2 heterocycles. The summed E-state index contributed by atoms with van der Waals surface area (Å²) in [5.41, 5.74) is 1.94. The third-order valence-electron chi connectivity index (χ3n) is 3.26. The second-order valence-electron chi connectivity index (χ2n) is 5.00. The molecule has 0 radical (unpaired) electrons. The Morgan fingerprint density at radius 3 is 2.83 bits per heavy atom. The lowest BCUT2D eigenvalue weighted by Crippen LogP contribution is -2.30. The smallest absolute Gasteiger partial charge is 0.244 e. The zero-order valence-electron chi connectivity index (χ0n) is 12.3. The number of hydrogen-bond donors (Lipinski definition) is 1. The van der Waals surface area contributed by atoms with E-state index in [9.17, 15) is 4.79 Å². The molecule has 118 valence electrons. The van der Waals surface area contributed by atoms with Gasteiger partial charge in [0.15, 0.2) is 0 Å². The van der Waals surface area contributed by atoms with Gasteiger partial charge in [0.2, 0.25) is 11.7 Å². The first-order chi connectivity index (χ1) is 11.1. The van der Waals surface area contributed by atoms with Crippen LogP contribution in [0.25, 0.3) is 11.4 Å². The van der Waals surface area contributed by atoms with Crippen molar-refractivity contribution >= 4 is 33.2 Å². The SMILES string of the molecule is C[C@@H](NC(=O)Cn1nnc(-c2ccsc2)n1)c1ccc(Br)cc1. The second-order valence-corrected chi connectivity index (χ2v) is 6.69. The molecule has 3 aromatic rings. The summed E-state index contributed by atoms with van der Waals surface area (Å²) in [7, 11) is 0. The minimum Gasteiger partial charge on any atom is -0.348 e. The summed E-state index contributed by atoms with van der Waals surface area (Å²) in [6, 6.07) is 9.67. The molecule has 0 aliphatic rings. The summed E-state index contributed by atoms with van der Waals surface area (Å²) in [4.78, 5) is 13.4. The van der Waals surface area contributed by atoms with Crippen LogP contribution in [0.3, 0.4) is 0 Å². The van der Waals surface area contributed by atoms with Gasteiger partial charge in [-0.1, -0.05) is 28.1 Å². The minimum absolute atomic E-state index is 0.0397. The number of carbonyl (C=O) groups is 1. The number of hydrogen-bond acceptors (Lipinski definition) is 5. The topological polar surface area (TPSA) is 72.7 Å². The summed E-state index contributed by atoms with van der Waals surface area (Å²) in [5.74, 6) is 0.370. The molecule has 0 aliphatic carbocycles. The number of nitrogens with zero attached hydrogens (tertiary/aromatic N) is 4. The van der Waals surface area contributed by atoms with Gasteiger partial charge in [-0.2, -0.15) is 16.1 Å². The number of amides is 1. The van der Waals surface area contributed by atoms with E-state index in [1.807, 2.05) is 48.0 Å². The van der Waals surface area contributed by atoms with Gasteiger partial charge in [-0.3, -0.25) is 4.79 Å². The highest BCUT2D eigenvalue weighted by Gasteiger charge is 2.12. The minimum atomic E-state index is -0.158. The van der Waals surface area contributed by atoms with Crippen LogP contribution in [0.2, 0.25) is 0 Å². The Labute approximate surface area is 145 Å². The Balaban J connectivity index is 1.60. The highest BCUT2D eigenvalue weighted by atomic mass is 79.9. The Hall–Kier alpha value is -2.06. The van der Waals surface area contributed by atoms with Crippen molar-refractivity contribution in [2.45, 2.75) is 19.5 Å². The van der Waals surface area contributed by atoms with Crippen LogP contribution in [0.15, 0.2) is 45.6 Å². The van der Waals surface area contributed by atoms with Crippen LogP contribution in [0, 0.1) is 0 Å². The maximum atomic E-state index is 12.1. The third kappa shape index (κ3) is 4.02. The molecule has 0 spiro atoms. The van der Waals surface area contributed by atoms with E-state index >= 15 is 0 Å². The van der Waals surface area contributed by atoms with E-state index in [1.165, 1.54) is 4.80 Å². The maximum absolute atomic E-state index is 12.1. The lowest BCUT2D eigenvalue weighted by molar-refractivity contribution is -0.122. The Morgan fingerprint density at radius 1 is 1.35 bits per heavy atom. The molecule has 1 amide bonds. The van der Waals surface area contributed by atoms with E-state index in [4.69, 9.17) is 0 Å². The van der Waals surface area contributed by atoms with Crippen molar-refractivity contribution in [1.29, 1.82) is 0 Å². The van der Waals surface area contributed by atoms with E-state index in [2.05, 4.69) is 36.7 Å². The van der Waals surface area contributed by atoms with E-state index < -0.39 is 0 Å². The van der Waals surface area contributed by atoms with Crippen LogP contribution < -0.4 is 5.32 Å². The molecule has 6 nitrogen and oxygen atoms in total. The molecule has 0 saturated heterocycles. The molecular weight excluding hydrogens is 378 g/mol. The molecule has 2 aromatic heterocycles. The van der Waals surface area contributed by atoms with Crippen LogP contribution in [-0.2, 0) is 11.3 Å². The van der Waals surface area contributed by atoms with E-state index in [1.54, 1.807) is 11.3 Å². The molecule has 0 bridgehead atoms. The second kappa shape index (κ2) is 7.01. The Bertz CT molecular complexity index is 785. The molecule has 3 rings (SSSR count). The van der Waals surface area contributed by atoms with Gasteiger partial charge in [0.1, 0.15) is 6.54 Å². The molecule has 0 saturated carbocycles. The highest BCUT2D eigenvalue weighted by molar-refractivity contribution is 9.10. The quantitative estimate of drug-likeness (QED) is 0.725. The predicted octanol–water partition coefficient (Wildman–Crippen LogP) is 3.04. The molecule has 23 heavy (non-hydrogen) atoms. The van der Waals surface area contributed by atoms with Gasteiger partial charge in [0.25, 0.3) is 0 Å². The summed E-state index contributed by atoms with van der Waals surface area (Å²) in [5, 5.41) is 18.9. The number of carbonyl (C=O) groups excluding carboxylic acids is 1. The van der Waals surface area contributed by atoms with Gasteiger partial charge >= 0.3 is 0 Å². The summed E-state index contributed by atoms with van der Waals surface area (Å²) >= 11 is 4.96. The van der Waals surface area contributed by atoms with Gasteiger partial charge in [-0.05, 0) is 41.3 Å². The monoisotopic (exact) mass is 391 g/mol. The third-order valence-corrected chi connectivity index (χ3v) is 4.48. The van der Waals surface area contributed by atoms with E-state index in [0.717, 1.165) is 15.6 Å². The summed E-state index contributed by atoms with van der Waals surface area (Å²) < 4.78 is 1.01. The first-order valence-corrected chi connectivity index (χ1v) is 8.70. The fourth-order valence-corrected chi connectivity index (χ4v) is 2.97. The molecule has 1 atom stereocenters. The average molecular weight is 392 g/mol. The first-order valence-electron chi connectivity index (χ1n) is 6.97. The number of aromatic nitrogens is 4. The van der Waals surface area contributed by atoms with Crippen molar-refractivity contribution in [3.63, 3.8) is 0 Å². The fourth-order valence-electron chi connectivity index (χ4n) is 2.07. The normalized spacial score (nSPS) is 12.1. The van der Waals surface area contributed by atoms with E-state index in [-0.39, 0.29) is 18.5 Å². The number of tetrazole rings is 1. The van der Waals surface area contributed by atoms with Crippen molar-refractivity contribution < 1.29 is 4.79 Å². The molecule has 1 aromatic carbocycles. The zero-order chi connectivity index (χ0) is 16.2. The molecule has 8 heteroatoms. The Kier molecular flexibility index (Phi) is 4.82. The van der Waals surface area contributed by atoms with Crippen LogP contribution >= 0.6 is 27.3 Å². The largest absolute Gasteiger partial charge is 0.348 e. The van der Waals surface area contributed by atoms with Crippen LogP contribution in [0.1, 0.15) is 18.5 Å². The van der Waals surface area contributed by atoms with Crippen LogP contribution in [0.5, 0.6) is 0 Å². The number of nitrogens with one attached hydrogen (secondary N) is 1. The molecule has 0 aliphatic heterocycles. The first kappa shape index (κ1) is 15.8. The van der Waals surface area contributed by atoms with Crippen LogP contribution in [-0.4, -0.2) is 26.1 Å². The summed E-state index contributed by atoms with van der Waals surface area (Å²) in [6.07, 6.45) is 0. The van der Waals surface area contributed by atoms with Crippen molar-refractivity contribution in [2.24, 2.45) is 0 Å². The molecule has 0 unspecified atom stereocenters. The predicted molar refractivity (Wildman–Crippen MR) is 91.8 cm³/mol.